The molecule has 0 fully saturated rings. The predicted octanol–water partition coefficient (Wildman–Crippen LogP) is -3.69. The van der Waals surface area contributed by atoms with Gasteiger partial charge in [0.15, 0.2) is 6.29 Å². The number of benzene rings is 1. The van der Waals surface area contributed by atoms with Crippen molar-refractivity contribution in [3.05, 3.63) is 35.9 Å². The van der Waals surface area contributed by atoms with E-state index in [1.807, 2.05) is 18.2 Å². The molecule has 0 aromatic heterocycles. The lowest BCUT2D eigenvalue weighted by molar-refractivity contribution is -0.145. The van der Waals surface area contributed by atoms with Gasteiger partial charge in [0.2, 0.25) is 5.91 Å². The quantitative estimate of drug-likeness (QED) is 0.108. The van der Waals surface area contributed by atoms with Crippen LogP contribution in [0.3, 0.4) is 0 Å². The van der Waals surface area contributed by atoms with Crippen molar-refractivity contribution in [2.45, 2.75) is 49.3 Å². The molecular weight excluding hydrogens is 444 g/mol. The van der Waals surface area contributed by atoms with E-state index in [2.05, 4.69) is 10.1 Å². The molecule has 0 bridgehead atoms. The van der Waals surface area contributed by atoms with Crippen LogP contribution in [-0.4, -0.2) is 105 Å². The van der Waals surface area contributed by atoms with Gasteiger partial charge in [-0.25, -0.2) is 4.79 Å². The van der Waals surface area contributed by atoms with Crippen LogP contribution in [0.4, 0.5) is 0 Å². The number of rotatable bonds is 12. The maximum Gasteiger partial charge on any atom is 0.328 e. The molecule has 0 saturated heterocycles. The van der Waals surface area contributed by atoms with Crippen LogP contribution >= 0.6 is 0 Å². The van der Waals surface area contributed by atoms with Gasteiger partial charge in [-0.3, -0.25) is 9.59 Å². The number of nitrogens with one attached hydrogen (secondary N) is 1. The van der Waals surface area contributed by atoms with Gasteiger partial charge in [-0.15, -0.1) is 0 Å². The summed E-state index contributed by atoms with van der Waals surface area (Å²) >= 11 is 0. The Balaban J connectivity index is 0.000000728. The van der Waals surface area contributed by atoms with Gasteiger partial charge in [0.05, 0.1) is 26.2 Å². The number of methoxy groups -OCH3 is 1. The number of esters is 1. The Bertz CT molecular complexity index is 747. The second-order valence-electron chi connectivity index (χ2n) is 6.84. The van der Waals surface area contributed by atoms with Crippen molar-refractivity contribution < 1.29 is 54.6 Å². The molecule has 33 heavy (non-hydrogen) atoms. The zero-order valence-electron chi connectivity index (χ0n) is 17.9. The maximum absolute atomic E-state index is 11.8. The van der Waals surface area contributed by atoms with E-state index in [1.54, 1.807) is 12.1 Å². The zero-order chi connectivity index (χ0) is 25.6. The smallest absolute Gasteiger partial charge is 0.328 e. The fraction of sp³-hybridized carbons (Fsp3) is 0.500. The maximum atomic E-state index is 11.8. The summed E-state index contributed by atoms with van der Waals surface area (Å²) in [7, 11) is 1.21. The number of ether oxygens (including phenoxy) is 1. The second kappa shape index (κ2) is 15.8. The van der Waals surface area contributed by atoms with Crippen LogP contribution in [0.25, 0.3) is 0 Å². The molecule has 0 spiro atoms. The summed E-state index contributed by atoms with van der Waals surface area (Å²) < 4.78 is 4.64. The fourth-order valence-corrected chi connectivity index (χ4v) is 2.36. The van der Waals surface area contributed by atoms with E-state index < -0.39 is 67.4 Å². The Kier molecular flexibility index (Phi) is 14.4. The largest absolute Gasteiger partial charge is 0.481 e. The van der Waals surface area contributed by atoms with Crippen molar-refractivity contribution in [3.63, 3.8) is 0 Å². The molecule has 186 valence electrons. The van der Waals surface area contributed by atoms with Gasteiger partial charge in [-0.1, -0.05) is 30.3 Å². The minimum atomic E-state index is -1.79. The molecule has 1 aromatic carbocycles. The van der Waals surface area contributed by atoms with E-state index in [4.69, 9.17) is 36.4 Å². The molecule has 0 unspecified atom stereocenters. The van der Waals surface area contributed by atoms with E-state index in [1.165, 1.54) is 7.11 Å². The fourth-order valence-electron chi connectivity index (χ4n) is 2.36. The van der Waals surface area contributed by atoms with Crippen molar-refractivity contribution in [2.24, 2.45) is 5.73 Å². The van der Waals surface area contributed by atoms with E-state index in [0.717, 1.165) is 5.56 Å². The van der Waals surface area contributed by atoms with Gasteiger partial charge in [0, 0.05) is 6.42 Å². The Labute approximate surface area is 189 Å². The van der Waals surface area contributed by atoms with Crippen molar-refractivity contribution in [1.82, 2.24) is 5.32 Å². The molecule has 1 aromatic rings. The van der Waals surface area contributed by atoms with Crippen LogP contribution in [0.5, 0.6) is 0 Å². The average molecular weight is 474 g/mol. The molecule has 6 atom stereocenters. The molecule has 1 amide bonds. The molecule has 9 N–H and O–H groups in total. The highest BCUT2D eigenvalue weighted by Gasteiger charge is 2.29. The van der Waals surface area contributed by atoms with Gasteiger partial charge >= 0.3 is 11.9 Å². The predicted molar refractivity (Wildman–Crippen MR) is 111 cm³/mol. The summed E-state index contributed by atoms with van der Waals surface area (Å²) in [5.74, 6) is -2.51. The SMILES string of the molecule is COC(=O)[C@H](Cc1ccccc1)NC(=O)[C@@H](N)CC(=O)O.O=C[C@H](O)[C@@H](O)[C@H](O)[C@H](O)CO. The number of carboxylic acids is 1. The number of carbonyl (C=O) groups excluding carboxylic acids is 3. The summed E-state index contributed by atoms with van der Waals surface area (Å²) in [6, 6.07) is 6.93. The molecule has 1 rings (SSSR count). The number of carbonyl (C=O) groups is 4. The number of amides is 1. The Morgan fingerprint density at radius 1 is 1.09 bits per heavy atom. The summed E-state index contributed by atoms with van der Waals surface area (Å²) in [5, 5.41) is 54.6. The number of aliphatic hydroxyl groups excluding tert-OH is 5. The first kappa shape index (κ1) is 30.1. The topological polar surface area (TPSA) is 237 Å². The van der Waals surface area contributed by atoms with Crippen LogP contribution in [-0.2, 0) is 30.3 Å². The number of hydrogen-bond acceptors (Lipinski definition) is 11. The minimum Gasteiger partial charge on any atom is -0.481 e. The lowest BCUT2D eigenvalue weighted by atomic mass is 10.0. The number of hydrogen-bond donors (Lipinski definition) is 8. The molecular formula is C20H30N2O11. The van der Waals surface area contributed by atoms with Gasteiger partial charge in [0.25, 0.3) is 0 Å². The Morgan fingerprint density at radius 3 is 2.12 bits per heavy atom. The average Bonchev–Trinajstić information content (AvgIpc) is 2.81. The van der Waals surface area contributed by atoms with Crippen molar-refractivity contribution in [1.29, 1.82) is 0 Å². The molecule has 0 radical (unpaired) electrons. The summed E-state index contributed by atoms with van der Waals surface area (Å²) in [6.45, 7) is -0.760. The number of aliphatic hydroxyl groups is 5. The van der Waals surface area contributed by atoms with E-state index >= 15 is 0 Å². The number of aldehydes is 1. The first-order chi connectivity index (χ1) is 15.5. The second-order valence-corrected chi connectivity index (χ2v) is 6.84. The lowest BCUT2D eigenvalue weighted by Crippen LogP contribution is -2.50. The van der Waals surface area contributed by atoms with Crippen LogP contribution in [0.2, 0.25) is 0 Å². The molecule has 0 aliphatic rings. The van der Waals surface area contributed by atoms with E-state index in [9.17, 15) is 19.2 Å². The monoisotopic (exact) mass is 474 g/mol. The van der Waals surface area contributed by atoms with Crippen LogP contribution in [0.1, 0.15) is 12.0 Å². The summed E-state index contributed by atoms with van der Waals surface area (Å²) in [4.78, 5) is 43.9. The molecule has 0 aliphatic carbocycles. The lowest BCUT2D eigenvalue weighted by Gasteiger charge is -2.22. The molecule has 0 saturated carbocycles. The van der Waals surface area contributed by atoms with Crippen LogP contribution in [0.15, 0.2) is 30.3 Å². The van der Waals surface area contributed by atoms with Gasteiger partial charge in [-0.2, -0.15) is 0 Å². The number of carboxylic acid groups (broad SMARTS) is 1. The Hall–Kier alpha value is -2.94. The van der Waals surface area contributed by atoms with Crippen LogP contribution in [0, 0.1) is 0 Å². The Morgan fingerprint density at radius 2 is 1.67 bits per heavy atom. The van der Waals surface area contributed by atoms with Crippen molar-refractivity contribution in [3.8, 4) is 0 Å². The zero-order valence-corrected chi connectivity index (χ0v) is 17.9. The van der Waals surface area contributed by atoms with Crippen molar-refractivity contribution >= 4 is 24.1 Å². The first-order valence-corrected chi connectivity index (χ1v) is 9.66. The summed E-state index contributed by atoms with van der Waals surface area (Å²) in [6.07, 6.45) is -7.11. The van der Waals surface area contributed by atoms with Crippen molar-refractivity contribution in [2.75, 3.05) is 13.7 Å². The third-order valence-electron chi connectivity index (χ3n) is 4.24. The summed E-state index contributed by atoms with van der Waals surface area (Å²) in [5.41, 5.74) is 6.29. The highest BCUT2D eigenvalue weighted by atomic mass is 16.5. The number of aliphatic carboxylic acids is 1. The van der Waals surface area contributed by atoms with Gasteiger partial charge < -0.3 is 51.2 Å². The van der Waals surface area contributed by atoms with E-state index in [0.29, 0.717) is 0 Å². The highest BCUT2D eigenvalue weighted by molar-refractivity contribution is 5.89. The minimum absolute atomic E-state index is 0.0258. The number of nitrogens with two attached hydrogens (primary N) is 1. The molecule has 13 heteroatoms. The van der Waals surface area contributed by atoms with Crippen LogP contribution < -0.4 is 11.1 Å². The molecule has 13 nitrogen and oxygen atoms in total. The molecule has 0 heterocycles. The first-order valence-electron chi connectivity index (χ1n) is 9.66. The molecule has 0 aliphatic heterocycles. The van der Waals surface area contributed by atoms with Gasteiger partial charge in [-0.05, 0) is 5.56 Å². The van der Waals surface area contributed by atoms with E-state index in [-0.39, 0.29) is 12.7 Å². The van der Waals surface area contributed by atoms with Gasteiger partial charge in [0.1, 0.15) is 30.5 Å². The normalized spacial score (nSPS) is 16.0. The third-order valence-corrected chi connectivity index (χ3v) is 4.24. The standard InChI is InChI=1S/C14H18N2O5.C6H12O6/c1-21-14(20)11(7-9-5-3-2-4-6-9)16-13(19)10(15)8-12(17)18;7-1-3(9)5(11)6(12)4(10)2-8/h2-6,10-11H,7-8,15H2,1H3,(H,16,19)(H,17,18);1,3-6,8-12H,2H2/t10-,11-;3-,4+,5+,6+/m00/s1. The highest BCUT2D eigenvalue weighted by Crippen LogP contribution is 2.05. The third kappa shape index (κ3) is 11.5.